The van der Waals surface area contributed by atoms with Gasteiger partial charge < -0.3 is 19.5 Å². The summed E-state index contributed by atoms with van der Waals surface area (Å²) in [5, 5.41) is 2.96. The summed E-state index contributed by atoms with van der Waals surface area (Å²) in [5.74, 6) is 1.32. The summed E-state index contributed by atoms with van der Waals surface area (Å²) in [5.41, 5.74) is 1.25. The summed E-state index contributed by atoms with van der Waals surface area (Å²) >= 11 is 0. The van der Waals surface area contributed by atoms with Gasteiger partial charge in [-0.25, -0.2) is 8.42 Å². The first-order chi connectivity index (χ1) is 14.7. The van der Waals surface area contributed by atoms with Crippen LogP contribution in [0.25, 0.3) is 0 Å². The molecule has 0 radical (unpaired) electrons. The number of nitrogens with zero attached hydrogens (tertiary/aromatic N) is 1. The van der Waals surface area contributed by atoms with Crippen LogP contribution in [0.3, 0.4) is 0 Å². The topological polar surface area (TPSA) is 94.2 Å². The maximum atomic E-state index is 13.1. The Bertz CT molecular complexity index is 1020. The fourth-order valence-electron chi connectivity index (χ4n) is 3.53. The van der Waals surface area contributed by atoms with Gasteiger partial charge in [0.05, 0.1) is 25.1 Å². The van der Waals surface area contributed by atoms with Crippen LogP contribution in [0, 0.1) is 0 Å². The number of rotatable bonds is 8. The quantitative estimate of drug-likeness (QED) is 0.667. The lowest BCUT2D eigenvalue weighted by molar-refractivity contribution is -0.122. The summed E-state index contributed by atoms with van der Waals surface area (Å²) in [6.07, 6.45) is 1.72. The maximum Gasteiger partial charge on any atom is 0.244 e. The monoisotopic (exact) mass is 448 g/mol. The van der Waals surface area contributed by atoms with Crippen LogP contribution in [0.4, 0.5) is 5.69 Å². The van der Waals surface area contributed by atoms with Crippen molar-refractivity contribution in [3.63, 3.8) is 0 Å². The van der Waals surface area contributed by atoms with Crippen molar-refractivity contribution < 1.29 is 27.4 Å². The normalized spacial score (nSPS) is 15.0. The van der Waals surface area contributed by atoms with Gasteiger partial charge in [0.2, 0.25) is 15.9 Å². The number of carbonyl (C=O) groups excluding carboxylic acids is 1. The van der Waals surface area contributed by atoms with E-state index < -0.39 is 22.0 Å². The molecule has 1 aliphatic rings. The molecule has 1 N–H and O–H groups in total. The number of anilines is 1. The van der Waals surface area contributed by atoms with Crippen LogP contribution in [0.5, 0.6) is 17.2 Å². The molecule has 0 aromatic heterocycles. The minimum Gasteiger partial charge on any atom is -0.497 e. The lowest BCUT2D eigenvalue weighted by Gasteiger charge is -2.30. The maximum absolute atomic E-state index is 13.1. The van der Waals surface area contributed by atoms with E-state index in [0.29, 0.717) is 36.8 Å². The Morgan fingerprint density at radius 1 is 1.13 bits per heavy atom. The molecule has 0 saturated heterocycles. The van der Waals surface area contributed by atoms with Crippen LogP contribution >= 0.6 is 0 Å². The molecule has 2 atom stereocenters. The zero-order valence-electron chi connectivity index (χ0n) is 18.1. The van der Waals surface area contributed by atoms with Crippen LogP contribution in [0.2, 0.25) is 0 Å². The number of fused-ring (bicyclic) bond motifs is 1. The minimum absolute atomic E-state index is 0.262. The van der Waals surface area contributed by atoms with Gasteiger partial charge >= 0.3 is 0 Å². The predicted molar refractivity (Wildman–Crippen MR) is 118 cm³/mol. The summed E-state index contributed by atoms with van der Waals surface area (Å²) in [4.78, 5) is 13.1. The molecular weight excluding hydrogens is 420 g/mol. The molecule has 0 saturated carbocycles. The molecule has 31 heavy (non-hydrogen) atoms. The van der Waals surface area contributed by atoms with Crippen molar-refractivity contribution in [1.82, 2.24) is 5.32 Å². The number of amides is 1. The third kappa shape index (κ3) is 5.22. The highest BCUT2D eigenvalue weighted by atomic mass is 32.2. The fraction of sp³-hybridized carbons (Fsp3) is 0.409. The van der Waals surface area contributed by atoms with Gasteiger partial charge in [-0.3, -0.25) is 9.10 Å². The molecule has 168 valence electrons. The molecule has 0 bridgehead atoms. The van der Waals surface area contributed by atoms with Gasteiger partial charge in [0.25, 0.3) is 0 Å². The van der Waals surface area contributed by atoms with E-state index >= 15 is 0 Å². The Kier molecular flexibility index (Phi) is 6.94. The van der Waals surface area contributed by atoms with Crippen LogP contribution < -0.4 is 23.8 Å². The molecule has 2 aromatic rings. The van der Waals surface area contributed by atoms with E-state index in [1.54, 1.807) is 32.2 Å². The Morgan fingerprint density at radius 3 is 2.35 bits per heavy atom. The van der Waals surface area contributed by atoms with Crippen LogP contribution in [0.15, 0.2) is 42.5 Å². The summed E-state index contributed by atoms with van der Waals surface area (Å²) < 4.78 is 42.6. The standard InChI is InChI=1S/C22H28N2O6S/c1-5-19(16-6-9-18(28-3)10-7-16)23-22(25)15(2)24(31(4,26)27)17-8-11-20-21(14-17)30-13-12-29-20/h6-11,14-15,19H,5,12-13H2,1-4H3,(H,23,25)/t15-,19-/m1/s1. The second-order valence-corrected chi connectivity index (χ2v) is 9.16. The Labute approximate surface area is 183 Å². The summed E-state index contributed by atoms with van der Waals surface area (Å²) in [6.45, 7) is 4.33. The van der Waals surface area contributed by atoms with E-state index in [0.717, 1.165) is 21.9 Å². The third-order valence-electron chi connectivity index (χ3n) is 5.11. The van der Waals surface area contributed by atoms with Gasteiger partial charge in [-0.2, -0.15) is 0 Å². The molecule has 2 aromatic carbocycles. The van der Waals surface area contributed by atoms with Crippen molar-refractivity contribution in [2.75, 3.05) is 30.9 Å². The molecule has 0 unspecified atom stereocenters. The highest BCUT2D eigenvalue weighted by molar-refractivity contribution is 7.92. The van der Waals surface area contributed by atoms with Gasteiger partial charge in [0.15, 0.2) is 11.5 Å². The average Bonchev–Trinajstić information content (AvgIpc) is 2.76. The minimum atomic E-state index is -3.75. The third-order valence-corrected chi connectivity index (χ3v) is 6.35. The Morgan fingerprint density at radius 2 is 1.77 bits per heavy atom. The SMILES string of the molecule is CC[C@@H](NC(=O)[C@@H](C)N(c1ccc2c(c1)OCCO2)S(C)(=O)=O)c1ccc(OC)cc1. The highest BCUT2D eigenvalue weighted by Crippen LogP contribution is 2.35. The van der Waals surface area contributed by atoms with E-state index in [1.165, 1.54) is 0 Å². The van der Waals surface area contributed by atoms with E-state index in [2.05, 4.69) is 5.32 Å². The number of nitrogens with one attached hydrogen (secondary N) is 1. The van der Waals surface area contributed by atoms with Crippen molar-refractivity contribution in [3.8, 4) is 17.2 Å². The zero-order chi connectivity index (χ0) is 22.6. The number of hydrogen-bond acceptors (Lipinski definition) is 6. The molecule has 8 nitrogen and oxygen atoms in total. The molecule has 9 heteroatoms. The molecule has 0 aliphatic carbocycles. The van der Waals surface area contributed by atoms with Gasteiger partial charge in [0, 0.05) is 6.07 Å². The van der Waals surface area contributed by atoms with E-state index in [9.17, 15) is 13.2 Å². The summed E-state index contributed by atoms with van der Waals surface area (Å²) in [6, 6.07) is 11.0. The number of hydrogen-bond donors (Lipinski definition) is 1. The smallest absolute Gasteiger partial charge is 0.244 e. The Balaban J connectivity index is 1.84. The molecule has 0 spiro atoms. The number of methoxy groups -OCH3 is 1. The van der Waals surface area contributed by atoms with Crippen molar-refractivity contribution >= 4 is 21.6 Å². The highest BCUT2D eigenvalue weighted by Gasteiger charge is 2.31. The fourth-order valence-corrected chi connectivity index (χ4v) is 4.69. The second-order valence-electron chi connectivity index (χ2n) is 7.31. The van der Waals surface area contributed by atoms with Crippen LogP contribution in [-0.2, 0) is 14.8 Å². The van der Waals surface area contributed by atoms with Gasteiger partial charge in [-0.1, -0.05) is 19.1 Å². The van der Waals surface area contributed by atoms with Gasteiger partial charge in [-0.15, -0.1) is 0 Å². The van der Waals surface area contributed by atoms with Crippen molar-refractivity contribution in [3.05, 3.63) is 48.0 Å². The zero-order valence-corrected chi connectivity index (χ0v) is 18.9. The molecule has 3 rings (SSSR count). The molecule has 1 amide bonds. The number of carbonyl (C=O) groups is 1. The molecule has 0 fully saturated rings. The van der Waals surface area contributed by atoms with Crippen molar-refractivity contribution in [1.29, 1.82) is 0 Å². The van der Waals surface area contributed by atoms with Crippen molar-refractivity contribution in [2.24, 2.45) is 0 Å². The number of sulfonamides is 1. The van der Waals surface area contributed by atoms with E-state index in [4.69, 9.17) is 14.2 Å². The van der Waals surface area contributed by atoms with E-state index in [-0.39, 0.29) is 6.04 Å². The number of ether oxygens (including phenoxy) is 3. The molecular formula is C22H28N2O6S. The predicted octanol–water partition coefficient (Wildman–Crippen LogP) is 2.89. The lowest BCUT2D eigenvalue weighted by Crippen LogP contribution is -2.48. The lowest BCUT2D eigenvalue weighted by atomic mass is 10.0. The van der Waals surface area contributed by atoms with Crippen molar-refractivity contribution in [2.45, 2.75) is 32.4 Å². The van der Waals surface area contributed by atoms with Crippen LogP contribution in [-0.4, -0.2) is 46.9 Å². The first-order valence-electron chi connectivity index (χ1n) is 10.1. The van der Waals surface area contributed by atoms with Gasteiger partial charge in [0.1, 0.15) is 25.0 Å². The first-order valence-corrected chi connectivity index (χ1v) is 11.9. The molecule has 1 aliphatic heterocycles. The molecule has 1 heterocycles. The largest absolute Gasteiger partial charge is 0.497 e. The number of benzene rings is 2. The van der Waals surface area contributed by atoms with Crippen LogP contribution in [0.1, 0.15) is 31.9 Å². The second kappa shape index (κ2) is 9.47. The Hall–Kier alpha value is -2.94. The first kappa shape index (κ1) is 22.7. The average molecular weight is 449 g/mol. The summed E-state index contributed by atoms with van der Waals surface area (Å²) in [7, 11) is -2.15. The van der Waals surface area contributed by atoms with E-state index in [1.807, 2.05) is 31.2 Å². The van der Waals surface area contributed by atoms with Gasteiger partial charge in [-0.05, 0) is 43.2 Å².